The van der Waals surface area contributed by atoms with Gasteiger partial charge < -0.3 is 4.74 Å². The lowest BCUT2D eigenvalue weighted by molar-refractivity contribution is 0.0523. The van der Waals surface area contributed by atoms with Crippen LogP contribution in [-0.4, -0.2) is 31.7 Å². The molecule has 0 amide bonds. The first-order valence-corrected chi connectivity index (χ1v) is 9.77. The number of hydrogen-bond donors (Lipinski definition) is 1. The summed E-state index contributed by atoms with van der Waals surface area (Å²) in [6, 6.07) is 11.6. The van der Waals surface area contributed by atoms with E-state index in [1.807, 2.05) is 57.2 Å². The maximum absolute atomic E-state index is 11.9. The largest absolute Gasteiger partial charge is 0.442 e. The van der Waals surface area contributed by atoms with Crippen molar-refractivity contribution >= 4 is 59.8 Å². The molecule has 0 atom stereocenters. The molecule has 140 valence electrons. The van der Waals surface area contributed by atoms with Gasteiger partial charge in [-0.15, -0.1) is 0 Å². The minimum atomic E-state index is -0.523. The number of benzene rings is 2. The summed E-state index contributed by atoms with van der Waals surface area (Å²) in [5, 5.41) is 12.8. The zero-order chi connectivity index (χ0) is 19.6. The van der Waals surface area contributed by atoms with Crippen LogP contribution in [0.1, 0.15) is 20.8 Å². The summed E-state index contributed by atoms with van der Waals surface area (Å²) in [5.41, 5.74) is 1.29. The van der Waals surface area contributed by atoms with E-state index >= 15 is 0 Å². The zero-order valence-electron chi connectivity index (χ0n) is 15.0. The second-order valence-corrected chi connectivity index (χ2v) is 8.67. The van der Waals surface area contributed by atoms with E-state index in [9.17, 15) is 4.79 Å². The number of ether oxygens (including phenoxy) is 1. The van der Waals surface area contributed by atoms with Crippen molar-refractivity contribution in [3.8, 4) is 0 Å². The van der Waals surface area contributed by atoms with Crippen LogP contribution in [0.3, 0.4) is 0 Å². The van der Waals surface area contributed by atoms with Crippen molar-refractivity contribution in [2.45, 2.75) is 26.4 Å². The summed E-state index contributed by atoms with van der Waals surface area (Å²) < 4.78 is 8.58. The first-order valence-electron chi connectivity index (χ1n) is 8.18. The van der Waals surface area contributed by atoms with Crippen molar-refractivity contribution < 1.29 is 9.53 Å². The SMILES string of the molecule is Brc1ccc2[nH]ncc2c1.CC(C)(C)OC(=O)n1ncc2cc(Br)ccc21. The summed E-state index contributed by atoms with van der Waals surface area (Å²) in [6.07, 6.45) is 2.99. The Morgan fingerprint density at radius 2 is 1.70 bits per heavy atom. The molecule has 27 heavy (non-hydrogen) atoms. The predicted octanol–water partition coefficient (Wildman–Crippen LogP) is 5.91. The number of aromatic amines is 1. The van der Waals surface area contributed by atoms with Crippen LogP contribution in [0.5, 0.6) is 0 Å². The molecule has 0 saturated carbocycles. The highest BCUT2D eigenvalue weighted by Gasteiger charge is 2.19. The van der Waals surface area contributed by atoms with Gasteiger partial charge in [0.25, 0.3) is 0 Å². The topological polar surface area (TPSA) is 72.8 Å². The number of fused-ring (bicyclic) bond motifs is 2. The number of carbonyl (C=O) groups is 1. The molecule has 0 aliphatic heterocycles. The van der Waals surface area contributed by atoms with Gasteiger partial charge in [-0.2, -0.15) is 14.9 Å². The normalized spacial score (nSPS) is 11.3. The van der Waals surface area contributed by atoms with Crippen molar-refractivity contribution in [1.29, 1.82) is 0 Å². The Morgan fingerprint density at radius 1 is 1.04 bits per heavy atom. The number of nitrogens with one attached hydrogen (secondary N) is 1. The van der Waals surface area contributed by atoms with E-state index in [1.54, 1.807) is 12.4 Å². The van der Waals surface area contributed by atoms with Crippen molar-refractivity contribution in [3.63, 3.8) is 0 Å². The number of halogens is 2. The molecule has 6 nitrogen and oxygen atoms in total. The van der Waals surface area contributed by atoms with E-state index in [2.05, 4.69) is 47.2 Å². The molecule has 0 radical (unpaired) electrons. The van der Waals surface area contributed by atoms with Gasteiger partial charge >= 0.3 is 6.09 Å². The van der Waals surface area contributed by atoms with Crippen LogP contribution < -0.4 is 0 Å². The first-order chi connectivity index (χ1) is 12.7. The fraction of sp³-hybridized carbons (Fsp3) is 0.211. The lowest BCUT2D eigenvalue weighted by atomic mass is 10.2. The van der Waals surface area contributed by atoms with Crippen LogP contribution in [0.4, 0.5) is 4.79 Å². The average molecular weight is 494 g/mol. The van der Waals surface area contributed by atoms with E-state index in [1.165, 1.54) is 4.68 Å². The maximum Gasteiger partial charge on any atom is 0.435 e. The molecule has 0 aliphatic rings. The Morgan fingerprint density at radius 3 is 2.41 bits per heavy atom. The number of aromatic nitrogens is 4. The fourth-order valence-corrected chi connectivity index (χ4v) is 3.13. The van der Waals surface area contributed by atoms with Gasteiger partial charge in [0, 0.05) is 19.7 Å². The number of H-pyrrole nitrogens is 1. The van der Waals surface area contributed by atoms with Gasteiger partial charge in [-0.05, 0) is 57.2 Å². The van der Waals surface area contributed by atoms with E-state index in [0.717, 1.165) is 30.8 Å². The molecule has 4 aromatic rings. The van der Waals surface area contributed by atoms with Crippen molar-refractivity contribution in [2.75, 3.05) is 0 Å². The Bertz CT molecular complexity index is 1100. The fourth-order valence-electron chi connectivity index (χ4n) is 2.37. The van der Waals surface area contributed by atoms with E-state index in [4.69, 9.17) is 4.74 Å². The van der Waals surface area contributed by atoms with E-state index < -0.39 is 11.7 Å². The Hall–Kier alpha value is -2.19. The van der Waals surface area contributed by atoms with Crippen molar-refractivity contribution in [2.24, 2.45) is 0 Å². The Kier molecular flexibility index (Phi) is 5.67. The lowest BCUT2D eigenvalue weighted by Gasteiger charge is -2.19. The summed E-state index contributed by atoms with van der Waals surface area (Å²) >= 11 is 6.75. The van der Waals surface area contributed by atoms with Gasteiger partial charge in [0.15, 0.2) is 0 Å². The molecule has 0 spiro atoms. The predicted molar refractivity (Wildman–Crippen MR) is 113 cm³/mol. The summed E-state index contributed by atoms with van der Waals surface area (Å²) in [6.45, 7) is 5.48. The van der Waals surface area contributed by atoms with Gasteiger partial charge in [0.1, 0.15) is 5.60 Å². The summed E-state index contributed by atoms with van der Waals surface area (Å²) in [5.74, 6) is 0. The van der Waals surface area contributed by atoms with Gasteiger partial charge in [-0.25, -0.2) is 4.79 Å². The Balaban J connectivity index is 0.000000177. The summed E-state index contributed by atoms with van der Waals surface area (Å²) in [4.78, 5) is 11.9. The monoisotopic (exact) mass is 492 g/mol. The lowest BCUT2D eigenvalue weighted by Crippen LogP contribution is -2.27. The second-order valence-electron chi connectivity index (χ2n) is 6.84. The van der Waals surface area contributed by atoms with Crippen molar-refractivity contribution in [3.05, 3.63) is 57.7 Å². The smallest absolute Gasteiger partial charge is 0.435 e. The third-order valence-corrected chi connectivity index (χ3v) is 4.49. The number of nitrogens with zero attached hydrogens (tertiary/aromatic N) is 3. The van der Waals surface area contributed by atoms with Crippen LogP contribution in [-0.2, 0) is 4.74 Å². The molecule has 2 heterocycles. The molecule has 8 heteroatoms. The van der Waals surface area contributed by atoms with Gasteiger partial charge in [0.2, 0.25) is 0 Å². The Labute approximate surface area is 173 Å². The van der Waals surface area contributed by atoms with Gasteiger partial charge in [-0.3, -0.25) is 5.10 Å². The highest BCUT2D eigenvalue weighted by Crippen LogP contribution is 2.20. The van der Waals surface area contributed by atoms with Gasteiger partial charge in [0.05, 0.1) is 23.4 Å². The molecule has 0 unspecified atom stereocenters. The molecule has 4 rings (SSSR count). The highest BCUT2D eigenvalue weighted by atomic mass is 79.9. The highest BCUT2D eigenvalue weighted by molar-refractivity contribution is 9.10. The zero-order valence-corrected chi connectivity index (χ0v) is 18.2. The minimum absolute atomic E-state index is 0.463. The molecule has 2 aromatic carbocycles. The third kappa shape index (κ3) is 4.95. The first kappa shape index (κ1) is 19.6. The third-order valence-electron chi connectivity index (χ3n) is 3.50. The van der Waals surface area contributed by atoms with Gasteiger partial charge in [-0.1, -0.05) is 31.9 Å². The quantitative estimate of drug-likeness (QED) is 0.330. The molecule has 2 aromatic heterocycles. The minimum Gasteiger partial charge on any atom is -0.442 e. The number of rotatable bonds is 0. The molecule has 0 bridgehead atoms. The van der Waals surface area contributed by atoms with Crippen LogP contribution in [0.15, 0.2) is 57.7 Å². The van der Waals surface area contributed by atoms with E-state index in [0.29, 0.717) is 0 Å². The van der Waals surface area contributed by atoms with Crippen molar-refractivity contribution in [1.82, 2.24) is 20.0 Å². The standard InChI is InChI=1S/C12H13BrN2O2.C7H5BrN2/c1-12(2,3)17-11(16)15-10-5-4-9(13)6-8(10)7-14-15;8-6-1-2-7-5(3-6)4-9-10-7/h4-7H,1-3H3;1-4H,(H,9,10). The molecule has 1 N–H and O–H groups in total. The molecule has 0 aliphatic carbocycles. The second kappa shape index (κ2) is 7.82. The van der Waals surface area contributed by atoms with Crippen LogP contribution in [0.2, 0.25) is 0 Å². The molecule has 0 fully saturated rings. The number of hydrogen-bond acceptors (Lipinski definition) is 4. The average Bonchev–Trinajstić information content (AvgIpc) is 3.19. The van der Waals surface area contributed by atoms with Crippen LogP contribution in [0, 0.1) is 0 Å². The van der Waals surface area contributed by atoms with E-state index in [-0.39, 0.29) is 0 Å². The maximum atomic E-state index is 11.9. The molecule has 0 saturated heterocycles. The molecular weight excluding hydrogens is 476 g/mol. The molecular formula is C19H18Br2N4O2. The number of carbonyl (C=O) groups excluding carboxylic acids is 1. The van der Waals surface area contributed by atoms with Crippen LogP contribution >= 0.6 is 31.9 Å². The van der Waals surface area contributed by atoms with Crippen LogP contribution in [0.25, 0.3) is 21.8 Å². The summed E-state index contributed by atoms with van der Waals surface area (Å²) in [7, 11) is 0.